The highest BCUT2D eigenvalue weighted by Gasteiger charge is 2.26. The molecule has 2 amide bonds. The fourth-order valence-corrected chi connectivity index (χ4v) is 1.44. The molecule has 0 radical (unpaired) electrons. The normalized spacial score (nSPS) is 12.4. The molecule has 1 unspecified atom stereocenters. The smallest absolute Gasteiger partial charge is 0.410 e. The van der Waals surface area contributed by atoms with E-state index in [1.54, 1.807) is 46.9 Å². The predicted molar refractivity (Wildman–Crippen MR) is 78.5 cm³/mol. The first-order chi connectivity index (χ1) is 9.20. The summed E-state index contributed by atoms with van der Waals surface area (Å²) >= 11 is 0. The Morgan fingerprint density at radius 1 is 1.20 bits per heavy atom. The molecular weight excluding hydrogens is 256 g/mol. The van der Waals surface area contributed by atoms with Gasteiger partial charge in [0.2, 0.25) is 5.91 Å². The zero-order valence-corrected chi connectivity index (χ0v) is 12.6. The Bertz CT molecular complexity index is 466. The molecule has 1 aromatic rings. The van der Waals surface area contributed by atoms with Crippen molar-refractivity contribution < 1.29 is 14.3 Å². The Balaban J connectivity index is 2.62. The minimum Gasteiger partial charge on any atom is -0.444 e. The van der Waals surface area contributed by atoms with Crippen molar-refractivity contribution in [2.24, 2.45) is 0 Å². The minimum absolute atomic E-state index is 0.260. The van der Waals surface area contributed by atoms with Crippen LogP contribution in [0.25, 0.3) is 0 Å². The molecule has 0 aliphatic rings. The van der Waals surface area contributed by atoms with Crippen molar-refractivity contribution in [3.63, 3.8) is 0 Å². The highest BCUT2D eigenvalue weighted by Crippen LogP contribution is 2.12. The van der Waals surface area contributed by atoms with E-state index < -0.39 is 17.7 Å². The van der Waals surface area contributed by atoms with Crippen molar-refractivity contribution in [3.8, 4) is 0 Å². The molecule has 0 saturated carbocycles. The molecule has 0 aliphatic heterocycles. The number of carbonyl (C=O) groups is 2. The van der Waals surface area contributed by atoms with Crippen molar-refractivity contribution in [2.45, 2.75) is 39.3 Å². The fraction of sp³-hybridized carbons (Fsp3) is 0.467. The SMILES string of the molecule is CC(C(=O)Nc1ccccc1)N(C)C(=O)OC(C)(C)C. The standard InChI is InChI=1S/C15H22N2O3/c1-11(17(5)14(19)20-15(2,3)4)13(18)16-12-9-7-6-8-10-12/h6-11H,1-5H3,(H,16,18). The van der Waals surface area contributed by atoms with Gasteiger partial charge in [-0.15, -0.1) is 0 Å². The van der Waals surface area contributed by atoms with Crippen LogP contribution in [0.4, 0.5) is 10.5 Å². The molecule has 0 aliphatic carbocycles. The molecular formula is C15H22N2O3. The first-order valence-corrected chi connectivity index (χ1v) is 6.52. The van der Waals surface area contributed by atoms with E-state index in [0.29, 0.717) is 5.69 Å². The van der Waals surface area contributed by atoms with Crippen LogP contribution in [0.1, 0.15) is 27.7 Å². The predicted octanol–water partition coefficient (Wildman–Crippen LogP) is 2.88. The monoisotopic (exact) mass is 278 g/mol. The van der Waals surface area contributed by atoms with Gasteiger partial charge >= 0.3 is 6.09 Å². The third kappa shape index (κ3) is 4.91. The second kappa shape index (κ2) is 6.41. The Morgan fingerprint density at radius 2 is 1.75 bits per heavy atom. The summed E-state index contributed by atoms with van der Waals surface area (Å²) in [6.45, 7) is 7.01. The van der Waals surface area contributed by atoms with Gasteiger partial charge in [-0.3, -0.25) is 9.69 Å². The number of rotatable bonds is 3. The second-order valence-electron chi connectivity index (χ2n) is 5.62. The summed E-state index contributed by atoms with van der Waals surface area (Å²) in [6.07, 6.45) is -0.520. The van der Waals surface area contributed by atoms with Gasteiger partial charge in [0.25, 0.3) is 0 Å². The quantitative estimate of drug-likeness (QED) is 0.925. The minimum atomic E-state index is -0.620. The molecule has 1 atom stereocenters. The number of ether oxygens (including phenoxy) is 1. The third-order valence-electron chi connectivity index (χ3n) is 2.68. The van der Waals surface area contributed by atoms with Gasteiger partial charge in [0, 0.05) is 12.7 Å². The van der Waals surface area contributed by atoms with Gasteiger partial charge in [-0.2, -0.15) is 0 Å². The average molecular weight is 278 g/mol. The van der Waals surface area contributed by atoms with Crippen LogP contribution in [-0.2, 0) is 9.53 Å². The molecule has 5 heteroatoms. The van der Waals surface area contributed by atoms with Crippen LogP contribution >= 0.6 is 0 Å². The van der Waals surface area contributed by atoms with Crippen molar-refractivity contribution in [2.75, 3.05) is 12.4 Å². The number of nitrogens with one attached hydrogen (secondary N) is 1. The molecule has 0 heterocycles. The Kier molecular flexibility index (Phi) is 5.13. The van der Waals surface area contributed by atoms with Crippen LogP contribution in [-0.4, -0.2) is 35.6 Å². The molecule has 1 aromatic carbocycles. The number of nitrogens with zero attached hydrogens (tertiary/aromatic N) is 1. The average Bonchev–Trinajstić information content (AvgIpc) is 2.36. The van der Waals surface area contributed by atoms with Crippen LogP contribution in [0.2, 0.25) is 0 Å². The lowest BCUT2D eigenvalue weighted by atomic mass is 10.2. The lowest BCUT2D eigenvalue weighted by molar-refractivity contribution is -0.120. The van der Waals surface area contributed by atoms with E-state index in [-0.39, 0.29) is 5.91 Å². The summed E-state index contributed by atoms with van der Waals surface area (Å²) in [5.41, 5.74) is 0.114. The summed E-state index contributed by atoms with van der Waals surface area (Å²) in [6, 6.07) is 8.49. The molecule has 1 N–H and O–H groups in total. The Labute approximate surface area is 119 Å². The van der Waals surface area contributed by atoms with E-state index in [1.165, 1.54) is 4.90 Å². The van der Waals surface area contributed by atoms with Crippen molar-refractivity contribution >= 4 is 17.7 Å². The summed E-state index contributed by atoms with van der Waals surface area (Å²) in [4.78, 5) is 25.2. The van der Waals surface area contributed by atoms with E-state index in [1.807, 2.05) is 18.2 Å². The Hall–Kier alpha value is -2.04. The number of para-hydroxylation sites is 1. The highest BCUT2D eigenvalue weighted by molar-refractivity contribution is 5.96. The highest BCUT2D eigenvalue weighted by atomic mass is 16.6. The van der Waals surface area contributed by atoms with Crippen LogP contribution in [0.3, 0.4) is 0 Å². The number of amides is 2. The number of carbonyl (C=O) groups excluding carboxylic acids is 2. The lowest BCUT2D eigenvalue weighted by Crippen LogP contribution is -2.45. The summed E-state index contributed by atoms with van der Waals surface area (Å²) in [5.74, 6) is -0.260. The first kappa shape index (κ1) is 16.0. The van der Waals surface area contributed by atoms with Crippen molar-refractivity contribution in [3.05, 3.63) is 30.3 Å². The van der Waals surface area contributed by atoms with Gasteiger partial charge in [-0.25, -0.2) is 4.79 Å². The summed E-state index contributed by atoms with van der Waals surface area (Å²) in [7, 11) is 1.54. The van der Waals surface area contributed by atoms with E-state index in [4.69, 9.17) is 4.74 Å². The summed E-state index contributed by atoms with van der Waals surface area (Å²) in [5, 5.41) is 2.75. The number of anilines is 1. The fourth-order valence-electron chi connectivity index (χ4n) is 1.44. The molecule has 0 bridgehead atoms. The van der Waals surface area contributed by atoms with Crippen LogP contribution in [0.5, 0.6) is 0 Å². The number of benzene rings is 1. The van der Waals surface area contributed by atoms with Gasteiger partial charge in [0.15, 0.2) is 0 Å². The van der Waals surface area contributed by atoms with E-state index in [9.17, 15) is 9.59 Å². The lowest BCUT2D eigenvalue weighted by Gasteiger charge is -2.28. The maximum Gasteiger partial charge on any atom is 0.410 e. The van der Waals surface area contributed by atoms with Crippen molar-refractivity contribution in [1.82, 2.24) is 4.90 Å². The van der Waals surface area contributed by atoms with Crippen LogP contribution < -0.4 is 5.32 Å². The van der Waals surface area contributed by atoms with E-state index >= 15 is 0 Å². The summed E-state index contributed by atoms with van der Waals surface area (Å²) < 4.78 is 5.23. The molecule has 0 aromatic heterocycles. The molecule has 0 fully saturated rings. The first-order valence-electron chi connectivity index (χ1n) is 6.52. The topological polar surface area (TPSA) is 58.6 Å². The number of likely N-dealkylation sites (N-methyl/N-ethyl adjacent to an activating group) is 1. The van der Waals surface area contributed by atoms with Gasteiger partial charge in [-0.1, -0.05) is 18.2 Å². The van der Waals surface area contributed by atoms with E-state index in [0.717, 1.165) is 0 Å². The number of hydrogen-bond donors (Lipinski definition) is 1. The van der Waals surface area contributed by atoms with E-state index in [2.05, 4.69) is 5.32 Å². The largest absolute Gasteiger partial charge is 0.444 e. The van der Waals surface area contributed by atoms with Gasteiger partial charge in [0.1, 0.15) is 11.6 Å². The van der Waals surface area contributed by atoms with Gasteiger partial charge in [-0.05, 0) is 39.8 Å². The molecule has 0 saturated heterocycles. The molecule has 1 rings (SSSR count). The molecule has 0 spiro atoms. The van der Waals surface area contributed by atoms with Crippen LogP contribution in [0, 0.1) is 0 Å². The maximum atomic E-state index is 12.1. The van der Waals surface area contributed by atoms with Gasteiger partial charge < -0.3 is 10.1 Å². The second-order valence-corrected chi connectivity index (χ2v) is 5.62. The Morgan fingerprint density at radius 3 is 2.25 bits per heavy atom. The zero-order valence-electron chi connectivity index (χ0n) is 12.6. The molecule has 110 valence electrons. The van der Waals surface area contributed by atoms with Crippen LogP contribution in [0.15, 0.2) is 30.3 Å². The number of hydrogen-bond acceptors (Lipinski definition) is 3. The zero-order chi connectivity index (χ0) is 15.3. The van der Waals surface area contributed by atoms with Crippen molar-refractivity contribution in [1.29, 1.82) is 0 Å². The molecule has 5 nitrogen and oxygen atoms in total. The van der Waals surface area contributed by atoms with Gasteiger partial charge in [0.05, 0.1) is 0 Å². The molecule has 20 heavy (non-hydrogen) atoms. The maximum absolute atomic E-state index is 12.1. The third-order valence-corrected chi connectivity index (χ3v) is 2.68.